The van der Waals surface area contributed by atoms with Gasteiger partial charge in [0.05, 0.1) is 6.42 Å². The maximum Gasteiger partial charge on any atom is 0.321 e. The quantitative estimate of drug-likeness (QED) is 0.727. The minimum absolute atomic E-state index is 0.149. The van der Waals surface area contributed by atoms with E-state index in [9.17, 15) is 14.7 Å². The first-order chi connectivity index (χ1) is 11.0. The molecule has 0 saturated heterocycles. The largest absolute Gasteiger partial charge is 0.480 e. The van der Waals surface area contributed by atoms with Crippen molar-refractivity contribution in [2.24, 2.45) is 0 Å². The average molecular weight is 313 g/mol. The summed E-state index contributed by atoms with van der Waals surface area (Å²) in [5, 5.41) is 14.8. The van der Waals surface area contributed by atoms with E-state index in [0.29, 0.717) is 12.2 Å². The molecule has 0 spiro atoms. The van der Waals surface area contributed by atoms with Crippen LogP contribution in [0.1, 0.15) is 17.5 Å². The van der Waals surface area contributed by atoms with Gasteiger partial charge in [0.1, 0.15) is 6.04 Å². The third-order valence-corrected chi connectivity index (χ3v) is 3.30. The minimum atomic E-state index is -1.06. The summed E-state index contributed by atoms with van der Waals surface area (Å²) in [5.41, 5.74) is 2.60. The lowest BCUT2D eigenvalue weighted by Gasteiger charge is -2.14. The van der Waals surface area contributed by atoms with Crippen LogP contribution in [0.5, 0.6) is 0 Å². The zero-order valence-electron chi connectivity index (χ0n) is 12.8. The van der Waals surface area contributed by atoms with Crippen molar-refractivity contribution >= 4 is 17.6 Å². The topological polar surface area (TPSA) is 91.3 Å². The van der Waals surface area contributed by atoms with Crippen molar-refractivity contribution < 1.29 is 14.7 Å². The first-order valence-corrected chi connectivity index (χ1v) is 7.26. The average Bonchev–Trinajstić information content (AvgIpc) is 2.54. The van der Waals surface area contributed by atoms with Gasteiger partial charge >= 0.3 is 5.97 Å². The lowest BCUT2D eigenvalue weighted by molar-refractivity contribution is -0.141. The molecule has 23 heavy (non-hydrogen) atoms. The molecule has 1 aromatic heterocycles. The van der Waals surface area contributed by atoms with Gasteiger partial charge in [-0.3, -0.25) is 19.9 Å². The molecule has 0 aliphatic heterocycles. The van der Waals surface area contributed by atoms with Crippen LogP contribution < -0.4 is 10.6 Å². The number of carbonyl (C=O) groups is 2. The van der Waals surface area contributed by atoms with Crippen LogP contribution in [0.3, 0.4) is 0 Å². The number of aliphatic carboxylic acids is 1. The fourth-order valence-corrected chi connectivity index (χ4v) is 2.02. The molecule has 2 rings (SSSR count). The molecule has 0 aliphatic rings. The van der Waals surface area contributed by atoms with Crippen LogP contribution in [-0.2, 0) is 16.1 Å². The van der Waals surface area contributed by atoms with E-state index in [4.69, 9.17) is 0 Å². The molecule has 0 aliphatic carbocycles. The van der Waals surface area contributed by atoms with E-state index in [1.807, 2.05) is 25.1 Å². The molecule has 0 bridgehead atoms. The standard InChI is InChI=1S/C17H19N3O3/c1-12-4-6-14(7-5-12)20-16(21)9-15(17(22)23)19-11-13-3-2-8-18-10-13/h2-8,10,15,19H,9,11H2,1H3,(H,20,21)(H,22,23). The summed E-state index contributed by atoms with van der Waals surface area (Å²) in [6.45, 7) is 2.29. The Bertz CT molecular complexity index is 657. The molecule has 120 valence electrons. The predicted molar refractivity (Wildman–Crippen MR) is 86.9 cm³/mol. The Labute approximate surface area is 134 Å². The molecule has 0 fully saturated rings. The van der Waals surface area contributed by atoms with Crippen LogP contribution in [0.2, 0.25) is 0 Å². The summed E-state index contributed by atoms with van der Waals surface area (Å²) >= 11 is 0. The molecule has 1 amide bonds. The molecule has 1 atom stereocenters. The Balaban J connectivity index is 1.89. The summed E-state index contributed by atoms with van der Waals surface area (Å²) in [7, 11) is 0. The Morgan fingerprint density at radius 2 is 1.96 bits per heavy atom. The molecule has 6 heteroatoms. The lowest BCUT2D eigenvalue weighted by atomic mass is 10.1. The Hall–Kier alpha value is -2.73. The summed E-state index contributed by atoms with van der Waals surface area (Å²) in [4.78, 5) is 27.3. The lowest BCUT2D eigenvalue weighted by Crippen LogP contribution is -2.39. The normalized spacial score (nSPS) is 11.7. The van der Waals surface area contributed by atoms with Gasteiger partial charge in [0.15, 0.2) is 0 Å². The number of nitrogens with zero attached hydrogens (tertiary/aromatic N) is 1. The number of carboxylic acid groups (broad SMARTS) is 1. The van der Waals surface area contributed by atoms with E-state index in [-0.39, 0.29) is 12.3 Å². The number of aryl methyl sites for hydroxylation is 1. The van der Waals surface area contributed by atoms with Crippen LogP contribution in [0.25, 0.3) is 0 Å². The Morgan fingerprint density at radius 3 is 2.57 bits per heavy atom. The highest BCUT2D eigenvalue weighted by atomic mass is 16.4. The highest BCUT2D eigenvalue weighted by Gasteiger charge is 2.20. The number of aromatic nitrogens is 1. The number of amides is 1. The number of carbonyl (C=O) groups excluding carboxylic acids is 1. The van der Waals surface area contributed by atoms with Crippen molar-refractivity contribution in [3.63, 3.8) is 0 Å². The van der Waals surface area contributed by atoms with Gasteiger partial charge in [-0.05, 0) is 30.7 Å². The fourth-order valence-electron chi connectivity index (χ4n) is 2.02. The van der Waals surface area contributed by atoms with Crippen molar-refractivity contribution in [3.8, 4) is 0 Å². The number of nitrogens with one attached hydrogen (secondary N) is 2. The van der Waals surface area contributed by atoms with Crippen LogP contribution in [0.4, 0.5) is 5.69 Å². The van der Waals surface area contributed by atoms with E-state index in [1.165, 1.54) is 0 Å². The third kappa shape index (κ3) is 5.52. The van der Waals surface area contributed by atoms with Gasteiger partial charge in [-0.25, -0.2) is 0 Å². The zero-order chi connectivity index (χ0) is 16.7. The first kappa shape index (κ1) is 16.6. The van der Waals surface area contributed by atoms with E-state index in [2.05, 4.69) is 15.6 Å². The van der Waals surface area contributed by atoms with E-state index in [1.54, 1.807) is 30.6 Å². The number of carboxylic acids is 1. The van der Waals surface area contributed by atoms with E-state index in [0.717, 1.165) is 11.1 Å². The highest BCUT2D eigenvalue weighted by Crippen LogP contribution is 2.09. The van der Waals surface area contributed by atoms with Crippen molar-refractivity contribution in [2.75, 3.05) is 5.32 Å². The van der Waals surface area contributed by atoms with Crippen molar-refractivity contribution in [3.05, 3.63) is 59.9 Å². The Kier molecular flexibility index (Phi) is 5.82. The van der Waals surface area contributed by atoms with Gasteiger partial charge in [0.25, 0.3) is 0 Å². The van der Waals surface area contributed by atoms with Crippen molar-refractivity contribution in [1.82, 2.24) is 10.3 Å². The number of hydrogen-bond acceptors (Lipinski definition) is 4. The number of rotatable bonds is 7. The molecular weight excluding hydrogens is 294 g/mol. The summed E-state index contributed by atoms with van der Waals surface area (Å²) in [6, 6.07) is 9.98. The molecule has 1 aromatic carbocycles. The first-order valence-electron chi connectivity index (χ1n) is 7.26. The van der Waals surface area contributed by atoms with Crippen LogP contribution in [-0.4, -0.2) is 28.0 Å². The minimum Gasteiger partial charge on any atom is -0.480 e. The second kappa shape index (κ2) is 8.05. The summed E-state index contributed by atoms with van der Waals surface area (Å²) < 4.78 is 0. The van der Waals surface area contributed by atoms with Gasteiger partial charge in [0.2, 0.25) is 5.91 Å². The number of benzene rings is 1. The molecule has 2 aromatic rings. The predicted octanol–water partition coefficient (Wildman–Crippen LogP) is 1.96. The number of hydrogen-bond donors (Lipinski definition) is 3. The van der Waals surface area contributed by atoms with Gasteiger partial charge in [-0.1, -0.05) is 23.8 Å². The monoisotopic (exact) mass is 313 g/mol. The maximum absolute atomic E-state index is 12.0. The molecule has 0 saturated carbocycles. The van der Waals surface area contributed by atoms with Gasteiger partial charge in [-0.2, -0.15) is 0 Å². The third-order valence-electron chi connectivity index (χ3n) is 3.30. The smallest absolute Gasteiger partial charge is 0.321 e. The second-order valence-electron chi connectivity index (χ2n) is 5.25. The molecule has 1 heterocycles. The highest BCUT2D eigenvalue weighted by molar-refractivity contribution is 5.94. The Morgan fingerprint density at radius 1 is 1.22 bits per heavy atom. The second-order valence-corrected chi connectivity index (χ2v) is 5.25. The fraction of sp³-hybridized carbons (Fsp3) is 0.235. The molecule has 0 radical (unpaired) electrons. The zero-order valence-corrected chi connectivity index (χ0v) is 12.8. The van der Waals surface area contributed by atoms with Crippen molar-refractivity contribution in [1.29, 1.82) is 0 Å². The number of pyridine rings is 1. The van der Waals surface area contributed by atoms with Gasteiger partial charge in [0, 0.05) is 24.6 Å². The molecule has 3 N–H and O–H groups in total. The van der Waals surface area contributed by atoms with Crippen LogP contribution >= 0.6 is 0 Å². The summed E-state index contributed by atoms with van der Waals surface area (Å²) in [5.74, 6) is -1.41. The van der Waals surface area contributed by atoms with Crippen LogP contribution in [0, 0.1) is 6.92 Å². The van der Waals surface area contributed by atoms with Crippen LogP contribution in [0.15, 0.2) is 48.8 Å². The van der Waals surface area contributed by atoms with Gasteiger partial charge in [-0.15, -0.1) is 0 Å². The SMILES string of the molecule is Cc1ccc(NC(=O)CC(NCc2cccnc2)C(=O)O)cc1. The van der Waals surface area contributed by atoms with Gasteiger partial charge < -0.3 is 10.4 Å². The van der Waals surface area contributed by atoms with Crippen molar-refractivity contribution in [2.45, 2.75) is 25.9 Å². The number of anilines is 1. The maximum atomic E-state index is 12.0. The van der Waals surface area contributed by atoms with E-state index < -0.39 is 12.0 Å². The van der Waals surface area contributed by atoms with E-state index >= 15 is 0 Å². The summed E-state index contributed by atoms with van der Waals surface area (Å²) in [6.07, 6.45) is 3.15. The molecule has 6 nitrogen and oxygen atoms in total. The molecule has 1 unspecified atom stereocenters. The molecular formula is C17H19N3O3.